The standard InChI is InChI=1S/C35H59N5O6.C2H6/c1-3-4-5-6-7-8-9-10-11-12-13-14-15-16-33(42)40-30-25-29-28(24-35(44)46-32(29)26-31(30)41)23-34(43)39-22-21-37-18-17-36-19-20-38-27-45-2;1-2/h24-26,36-38,41H,3-23,27H2,1-2H3,(H,39,43)(H,40,42);1-2H3. The lowest BCUT2D eigenvalue weighted by molar-refractivity contribution is -0.120. The van der Waals surface area contributed by atoms with Gasteiger partial charge in [-0.25, -0.2) is 4.79 Å². The summed E-state index contributed by atoms with van der Waals surface area (Å²) in [7, 11) is 1.65. The van der Waals surface area contributed by atoms with Crippen molar-refractivity contribution in [1.29, 1.82) is 0 Å². The van der Waals surface area contributed by atoms with Gasteiger partial charge in [0.25, 0.3) is 0 Å². The largest absolute Gasteiger partial charge is 0.506 e. The van der Waals surface area contributed by atoms with Crippen molar-refractivity contribution in [2.75, 3.05) is 58.4 Å². The van der Waals surface area contributed by atoms with Gasteiger partial charge in [0, 0.05) is 70.3 Å². The molecule has 0 aliphatic carbocycles. The number of hydrogen-bond acceptors (Lipinski definition) is 9. The smallest absolute Gasteiger partial charge is 0.336 e. The van der Waals surface area contributed by atoms with Crippen molar-refractivity contribution < 1.29 is 23.8 Å². The van der Waals surface area contributed by atoms with Crippen LogP contribution in [0.2, 0.25) is 0 Å². The minimum absolute atomic E-state index is 0.0325. The molecule has 1 heterocycles. The molecule has 11 heteroatoms. The van der Waals surface area contributed by atoms with Crippen LogP contribution in [0, 0.1) is 0 Å². The molecule has 0 atom stereocenters. The van der Waals surface area contributed by atoms with Gasteiger partial charge in [0.05, 0.1) is 18.8 Å². The third-order valence-electron chi connectivity index (χ3n) is 7.91. The molecule has 6 N–H and O–H groups in total. The van der Waals surface area contributed by atoms with E-state index in [0.717, 1.165) is 45.4 Å². The van der Waals surface area contributed by atoms with Crippen molar-refractivity contribution in [3.63, 3.8) is 0 Å². The topological polar surface area (TPSA) is 154 Å². The van der Waals surface area contributed by atoms with Gasteiger partial charge in [0.2, 0.25) is 11.8 Å². The Hall–Kier alpha value is -2.99. The molecule has 1 aromatic heterocycles. The summed E-state index contributed by atoms with van der Waals surface area (Å²) in [5.41, 5.74) is 0.249. The zero-order valence-electron chi connectivity index (χ0n) is 30.3. The zero-order valence-corrected chi connectivity index (χ0v) is 30.3. The number of ether oxygens (including phenoxy) is 1. The first-order valence-corrected chi connectivity index (χ1v) is 18.4. The van der Waals surface area contributed by atoms with Gasteiger partial charge in [-0.05, 0) is 18.1 Å². The molecule has 0 radical (unpaired) electrons. The number of carbonyl (C=O) groups is 2. The van der Waals surface area contributed by atoms with E-state index in [1.165, 1.54) is 76.3 Å². The Morgan fingerprint density at radius 1 is 0.729 bits per heavy atom. The number of unbranched alkanes of at least 4 members (excludes halogenated alkanes) is 12. The molecule has 11 nitrogen and oxygen atoms in total. The predicted molar refractivity (Wildman–Crippen MR) is 197 cm³/mol. The van der Waals surface area contributed by atoms with Crippen LogP contribution in [-0.2, 0) is 20.7 Å². The van der Waals surface area contributed by atoms with E-state index in [0.29, 0.717) is 37.2 Å². The first-order valence-electron chi connectivity index (χ1n) is 18.4. The Bertz CT molecular complexity index is 1190. The number of hydrogen-bond donors (Lipinski definition) is 6. The summed E-state index contributed by atoms with van der Waals surface area (Å²) < 4.78 is 10.2. The molecular weight excluding hydrogens is 610 g/mol. The normalized spacial score (nSPS) is 10.9. The summed E-state index contributed by atoms with van der Waals surface area (Å²) in [6.45, 7) is 11.1. The summed E-state index contributed by atoms with van der Waals surface area (Å²) >= 11 is 0. The van der Waals surface area contributed by atoms with E-state index in [1.807, 2.05) is 13.8 Å². The molecule has 2 amide bonds. The Morgan fingerprint density at radius 2 is 1.27 bits per heavy atom. The molecule has 48 heavy (non-hydrogen) atoms. The fourth-order valence-corrected chi connectivity index (χ4v) is 5.33. The average molecular weight is 676 g/mol. The fraction of sp³-hybridized carbons (Fsp3) is 0.703. The number of carbonyl (C=O) groups excluding carboxylic acids is 2. The molecule has 0 bridgehead atoms. The van der Waals surface area contributed by atoms with Crippen molar-refractivity contribution in [2.24, 2.45) is 0 Å². The van der Waals surface area contributed by atoms with Crippen LogP contribution in [0.25, 0.3) is 11.0 Å². The summed E-state index contributed by atoms with van der Waals surface area (Å²) in [5.74, 6) is -0.611. The molecule has 0 unspecified atom stereocenters. The van der Waals surface area contributed by atoms with Crippen LogP contribution in [0.4, 0.5) is 5.69 Å². The fourth-order valence-electron chi connectivity index (χ4n) is 5.33. The molecule has 0 aliphatic rings. The molecule has 0 saturated heterocycles. The Labute approximate surface area is 288 Å². The molecule has 0 aliphatic heterocycles. The molecule has 0 fully saturated rings. The van der Waals surface area contributed by atoms with Crippen LogP contribution in [0.3, 0.4) is 0 Å². The van der Waals surface area contributed by atoms with E-state index in [1.54, 1.807) is 13.2 Å². The van der Waals surface area contributed by atoms with E-state index in [9.17, 15) is 19.5 Å². The Balaban J connectivity index is 0.00000565. The van der Waals surface area contributed by atoms with Gasteiger partial charge in [-0.1, -0.05) is 97.8 Å². The minimum Gasteiger partial charge on any atom is -0.506 e. The average Bonchev–Trinajstić information content (AvgIpc) is 3.07. The highest BCUT2D eigenvalue weighted by molar-refractivity contribution is 5.97. The van der Waals surface area contributed by atoms with E-state index >= 15 is 0 Å². The van der Waals surface area contributed by atoms with Gasteiger partial charge in [-0.3, -0.25) is 14.9 Å². The van der Waals surface area contributed by atoms with Gasteiger partial charge >= 0.3 is 5.63 Å². The van der Waals surface area contributed by atoms with Crippen LogP contribution < -0.4 is 32.2 Å². The zero-order chi connectivity index (χ0) is 35.2. The summed E-state index contributed by atoms with van der Waals surface area (Å²) in [6, 6.07) is 4.16. The van der Waals surface area contributed by atoms with Crippen LogP contribution in [-0.4, -0.2) is 70.0 Å². The molecule has 2 rings (SSSR count). The first kappa shape index (κ1) is 43.0. The lowest BCUT2D eigenvalue weighted by atomic mass is 10.0. The van der Waals surface area contributed by atoms with E-state index in [-0.39, 0.29) is 35.3 Å². The number of phenolic OH excluding ortho intramolecular Hbond substituents is 1. The number of phenols is 1. The first-order chi connectivity index (χ1) is 23.4. The third kappa shape index (κ3) is 20.4. The predicted octanol–water partition coefficient (Wildman–Crippen LogP) is 5.98. The van der Waals surface area contributed by atoms with Gasteiger partial charge in [0.15, 0.2) is 0 Å². The molecule has 0 spiro atoms. The highest BCUT2D eigenvalue weighted by atomic mass is 16.5. The van der Waals surface area contributed by atoms with E-state index < -0.39 is 5.63 Å². The SMILES string of the molecule is CC.CCCCCCCCCCCCCCCC(=O)Nc1cc2c(CC(=O)NCCNCCNCCNCOC)cc(=O)oc2cc1O. The third-order valence-corrected chi connectivity index (χ3v) is 7.91. The van der Waals surface area contributed by atoms with Gasteiger partial charge < -0.3 is 35.5 Å². The number of anilines is 1. The second kappa shape index (κ2) is 29.0. The number of fused-ring (bicyclic) bond motifs is 1. The molecule has 274 valence electrons. The maximum Gasteiger partial charge on any atom is 0.336 e. The quantitative estimate of drug-likeness (QED) is 0.0277. The van der Waals surface area contributed by atoms with Gasteiger partial charge in [0.1, 0.15) is 11.3 Å². The van der Waals surface area contributed by atoms with Crippen molar-refractivity contribution in [3.8, 4) is 5.75 Å². The highest BCUT2D eigenvalue weighted by Gasteiger charge is 2.15. The minimum atomic E-state index is -0.611. The number of rotatable bonds is 28. The maximum atomic E-state index is 12.6. The number of amides is 2. The van der Waals surface area contributed by atoms with Crippen LogP contribution in [0.5, 0.6) is 5.75 Å². The lowest BCUT2D eigenvalue weighted by Gasteiger charge is -2.12. The maximum absolute atomic E-state index is 12.6. The summed E-state index contributed by atoms with van der Waals surface area (Å²) in [4.78, 5) is 37.4. The monoisotopic (exact) mass is 675 g/mol. The van der Waals surface area contributed by atoms with Crippen molar-refractivity contribution in [2.45, 2.75) is 117 Å². The molecular formula is C37H65N5O6. The number of nitrogens with one attached hydrogen (secondary N) is 5. The Morgan fingerprint density at radius 3 is 1.85 bits per heavy atom. The lowest BCUT2D eigenvalue weighted by Crippen LogP contribution is -2.37. The molecule has 2 aromatic rings. The summed E-state index contributed by atoms with van der Waals surface area (Å²) in [6.07, 6.45) is 16.4. The van der Waals surface area contributed by atoms with Crippen LogP contribution >= 0.6 is 0 Å². The van der Waals surface area contributed by atoms with Crippen molar-refractivity contribution >= 4 is 28.5 Å². The Kier molecular flexibility index (Phi) is 26.0. The van der Waals surface area contributed by atoms with Gasteiger partial charge in [-0.15, -0.1) is 0 Å². The summed E-state index contributed by atoms with van der Waals surface area (Å²) in [5, 5.41) is 26.3. The highest BCUT2D eigenvalue weighted by Crippen LogP contribution is 2.31. The van der Waals surface area contributed by atoms with Crippen LogP contribution in [0.1, 0.15) is 116 Å². The van der Waals surface area contributed by atoms with E-state index in [2.05, 4.69) is 33.5 Å². The van der Waals surface area contributed by atoms with Crippen molar-refractivity contribution in [1.82, 2.24) is 21.3 Å². The van der Waals surface area contributed by atoms with Crippen LogP contribution in [0.15, 0.2) is 27.4 Å². The number of aromatic hydroxyl groups is 1. The van der Waals surface area contributed by atoms with Gasteiger partial charge in [-0.2, -0.15) is 0 Å². The molecule has 1 aromatic carbocycles. The van der Waals surface area contributed by atoms with E-state index in [4.69, 9.17) is 9.15 Å². The van der Waals surface area contributed by atoms with Crippen molar-refractivity contribution in [3.05, 3.63) is 34.2 Å². The second-order valence-electron chi connectivity index (χ2n) is 12.0. The molecule has 0 saturated carbocycles. The second-order valence-corrected chi connectivity index (χ2v) is 12.0. The number of benzene rings is 1. The number of methoxy groups -OCH3 is 1.